The third kappa shape index (κ3) is 3.27. The Labute approximate surface area is 149 Å². The summed E-state index contributed by atoms with van der Waals surface area (Å²) in [5.74, 6) is 0.506. The van der Waals surface area contributed by atoms with E-state index >= 15 is 0 Å². The minimum Gasteiger partial charge on any atom is -0.383 e. The zero-order valence-corrected chi connectivity index (χ0v) is 15.1. The van der Waals surface area contributed by atoms with Gasteiger partial charge in [-0.1, -0.05) is 13.0 Å². The number of carbonyl (C=O) groups is 2. The maximum Gasteiger partial charge on any atom is 0.223 e. The first-order chi connectivity index (χ1) is 12.1. The monoisotopic (exact) mass is 345 g/mol. The zero-order valence-electron chi connectivity index (χ0n) is 15.1. The second-order valence-corrected chi connectivity index (χ2v) is 6.92. The summed E-state index contributed by atoms with van der Waals surface area (Å²) < 4.78 is 5.23. The lowest BCUT2D eigenvalue weighted by molar-refractivity contribution is -0.137. The van der Waals surface area contributed by atoms with Crippen molar-refractivity contribution in [1.29, 1.82) is 0 Å². The smallest absolute Gasteiger partial charge is 0.223 e. The number of likely N-dealkylation sites (tertiary alicyclic amines) is 2. The number of amides is 2. The Balaban J connectivity index is 1.89. The Kier molecular flexibility index (Phi) is 5.37. The van der Waals surface area contributed by atoms with Crippen molar-refractivity contribution in [3.05, 3.63) is 30.1 Å². The molecule has 1 spiro atoms. The number of hydrogen-bond donors (Lipinski definition) is 0. The van der Waals surface area contributed by atoms with Crippen LogP contribution in [-0.2, 0) is 14.3 Å². The molecule has 136 valence electrons. The minimum atomic E-state index is -0.233. The number of pyridine rings is 1. The van der Waals surface area contributed by atoms with Crippen molar-refractivity contribution >= 4 is 11.8 Å². The third-order valence-electron chi connectivity index (χ3n) is 5.76. The molecule has 25 heavy (non-hydrogen) atoms. The molecule has 1 aromatic heterocycles. The maximum atomic E-state index is 12.8. The zero-order chi connectivity index (χ0) is 17.9. The van der Waals surface area contributed by atoms with Gasteiger partial charge in [0.15, 0.2) is 0 Å². The van der Waals surface area contributed by atoms with E-state index in [1.165, 1.54) is 0 Å². The Hall–Kier alpha value is -1.95. The van der Waals surface area contributed by atoms with Crippen molar-refractivity contribution in [2.75, 3.05) is 33.4 Å². The molecule has 0 aliphatic carbocycles. The van der Waals surface area contributed by atoms with Crippen LogP contribution in [0, 0.1) is 0 Å². The summed E-state index contributed by atoms with van der Waals surface area (Å²) in [6.45, 7) is 4.45. The highest BCUT2D eigenvalue weighted by atomic mass is 16.5. The number of hydrogen-bond acceptors (Lipinski definition) is 4. The van der Waals surface area contributed by atoms with Crippen molar-refractivity contribution in [2.45, 2.75) is 44.1 Å². The number of rotatable bonds is 5. The van der Waals surface area contributed by atoms with Crippen LogP contribution >= 0.6 is 0 Å². The number of aromatic nitrogens is 1. The van der Waals surface area contributed by atoms with Gasteiger partial charge in [-0.3, -0.25) is 14.6 Å². The summed E-state index contributed by atoms with van der Waals surface area (Å²) in [4.78, 5) is 33.0. The fourth-order valence-corrected chi connectivity index (χ4v) is 4.44. The standard InChI is InChI=1S/C19H27N3O3/c1-3-17(23)21-9-6-19(7-10-21)16(15-5-4-8-20-14-15)13-18(24)22(19)11-12-25-2/h4-5,8,14,16H,3,6-7,9-13H2,1-2H3. The molecule has 2 aliphatic heterocycles. The molecule has 1 atom stereocenters. The molecule has 0 radical (unpaired) electrons. The van der Waals surface area contributed by atoms with Crippen LogP contribution in [-0.4, -0.2) is 65.5 Å². The molecule has 0 bridgehead atoms. The SMILES string of the molecule is CCC(=O)N1CCC2(CC1)C(c1cccnc1)CC(=O)N2CCOC. The summed E-state index contributed by atoms with van der Waals surface area (Å²) >= 11 is 0. The van der Waals surface area contributed by atoms with Gasteiger partial charge in [0.1, 0.15) is 0 Å². The maximum absolute atomic E-state index is 12.8. The number of ether oxygens (including phenoxy) is 1. The van der Waals surface area contributed by atoms with E-state index in [-0.39, 0.29) is 23.3 Å². The third-order valence-corrected chi connectivity index (χ3v) is 5.76. The molecule has 6 heteroatoms. The van der Waals surface area contributed by atoms with Crippen molar-refractivity contribution in [1.82, 2.24) is 14.8 Å². The minimum absolute atomic E-state index is 0.129. The predicted molar refractivity (Wildman–Crippen MR) is 94.0 cm³/mol. The molecule has 2 saturated heterocycles. The lowest BCUT2D eigenvalue weighted by Gasteiger charge is -2.48. The van der Waals surface area contributed by atoms with Crippen molar-refractivity contribution in [2.24, 2.45) is 0 Å². The fourth-order valence-electron chi connectivity index (χ4n) is 4.44. The Morgan fingerprint density at radius 3 is 2.76 bits per heavy atom. The highest BCUT2D eigenvalue weighted by Gasteiger charge is 2.54. The molecule has 1 aromatic rings. The van der Waals surface area contributed by atoms with Crippen LogP contribution in [0.4, 0.5) is 0 Å². The van der Waals surface area contributed by atoms with E-state index in [0.29, 0.717) is 39.1 Å². The Morgan fingerprint density at radius 2 is 2.16 bits per heavy atom. The van der Waals surface area contributed by atoms with Crippen molar-refractivity contribution < 1.29 is 14.3 Å². The molecule has 0 aromatic carbocycles. The fraction of sp³-hybridized carbons (Fsp3) is 0.632. The Bertz CT molecular complexity index is 612. The molecule has 1 unspecified atom stereocenters. The lowest BCUT2D eigenvalue weighted by atomic mass is 9.74. The molecule has 2 fully saturated rings. The first kappa shape index (κ1) is 17.9. The second kappa shape index (κ2) is 7.52. The first-order valence-corrected chi connectivity index (χ1v) is 9.09. The quantitative estimate of drug-likeness (QED) is 0.817. The van der Waals surface area contributed by atoms with E-state index in [0.717, 1.165) is 18.4 Å². The van der Waals surface area contributed by atoms with E-state index in [2.05, 4.69) is 11.1 Å². The molecule has 2 amide bonds. The number of carbonyl (C=O) groups excluding carboxylic acids is 2. The van der Waals surface area contributed by atoms with Crippen LogP contribution < -0.4 is 0 Å². The van der Waals surface area contributed by atoms with Crippen LogP contribution in [0.25, 0.3) is 0 Å². The van der Waals surface area contributed by atoms with E-state index in [4.69, 9.17) is 4.74 Å². The van der Waals surface area contributed by atoms with Crippen LogP contribution in [0.3, 0.4) is 0 Å². The molecule has 3 heterocycles. The van der Waals surface area contributed by atoms with Crippen molar-refractivity contribution in [3.63, 3.8) is 0 Å². The molecule has 6 nitrogen and oxygen atoms in total. The summed E-state index contributed by atoms with van der Waals surface area (Å²) in [6.07, 6.45) is 6.31. The summed E-state index contributed by atoms with van der Waals surface area (Å²) in [6, 6.07) is 4.00. The van der Waals surface area contributed by atoms with Gasteiger partial charge in [0.25, 0.3) is 0 Å². The number of piperidine rings is 1. The number of methoxy groups -OCH3 is 1. The lowest BCUT2D eigenvalue weighted by Crippen LogP contribution is -2.56. The van der Waals surface area contributed by atoms with Gasteiger partial charge >= 0.3 is 0 Å². The highest BCUT2D eigenvalue weighted by molar-refractivity contribution is 5.82. The molecule has 2 aliphatic rings. The molecule has 0 saturated carbocycles. The Morgan fingerprint density at radius 1 is 1.40 bits per heavy atom. The molecular formula is C19H27N3O3. The van der Waals surface area contributed by atoms with E-state index in [9.17, 15) is 9.59 Å². The normalized spacial score (nSPS) is 22.6. The van der Waals surface area contributed by atoms with Gasteiger partial charge in [0.2, 0.25) is 11.8 Å². The van der Waals surface area contributed by atoms with Crippen LogP contribution in [0.1, 0.15) is 44.1 Å². The molecule has 0 N–H and O–H groups in total. The van der Waals surface area contributed by atoms with Gasteiger partial charge in [-0.15, -0.1) is 0 Å². The van der Waals surface area contributed by atoms with E-state index < -0.39 is 0 Å². The van der Waals surface area contributed by atoms with Crippen LogP contribution in [0.2, 0.25) is 0 Å². The second-order valence-electron chi connectivity index (χ2n) is 6.92. The van der Waals surface area contributed by atoms with Gasteiger partial charge in [0, 0.05) is 57.9 Å². The van der Waals surface area contributed by atoms with Crippen molar-refractivity contribution in [3.8, 4) is 0 Å². The average molecular weight is 345 g/mol. The van der Waals surface area contributed by atoms with Crippen LogP contribution in [0.15, 0.2) is 24.5 Å². The number of nitrogens with zero attached hydrogens (tertiary/aromatic N) is 3. The summed E-state index contributed by atoms with van der Waals surface area (Å²) in [5.41, 5.74) is 0.884. The molecule has 3 rings (SSSR count). The highest BCUT2D eigenvalue weighted by Crippen LogP contribution is 2.48. The first-order valence-electron chi connectivity index (χ1n) is 9.09. The van der Waals surface area contributed by atoms with Gasteiger partial charge in [-0.2, -0.15) is 0 Å². The summed E-state index contributed by atoms with van der Waals surface area (Å²) in [7, 11) is 1.66. The van der Waals surface area contributed by atoms with Gasteiger partial charge in [0.05, 0.1) is 12.1 Å². The van der Waals surface area contributed by atoms with Crippen LogP contribution in [0.5, 0.6) is 0 Å². The van der Waals surface area contributed by atoms with Gasteiger partial charge in [-0.25, -0.2) is 0 Å². The average Bonchev–Trinajstić information content (AvgIpc) is 2.92. The predicted octanol–water partition coefficient (Wildman–Crippen LogP) is 1.82. The van der Waals surface area contributed by atoms with Gasteiger partial charge < -0.3 is 14.5 Å². The van der Waals surface area contributed by atoms with Gasteiger partial charge in [-0.05, 0) is 24.5 Å². The summed E-state index contributed by atoms with van der Waals surface area (Å²) in [5, 5.41) is 0. The largest absolute Gasteiger partial charge is 0.383 e. The van der Waals surface area contributed by atoms with E-state index in [1.54, 1.807) is 13.3 Å². The topological polar surface area (TPSA) is 62.7 Å². The van der Waals surface area contributed by atoms with E-state index in [1.807, 2.05) is 29.0 Å². The molecular weight excluding hydrogens is 318 g/mol.